The number of rotatable bonds is 4. The third-order valence-electron chi connectivity index (χ3n) is 13.2. The molecule has 3 heteroatoms. The fraction of sp³-hybridized carbons (Fsp3) is 0.0526. The topological polar surface area (TPSA) is 29.5 Å². The van der Waals surface area contributed by atoms with E-state index in [1.165, 1.54) is 54.6 Å². The molecule has 13 rings (SSSR count). The fourth-order valence-electron chi connectivity index (χ4n) is 10.4. The van der Waals surface area contributed by atoms with Gasteiger partial charge in [0.2, 0.25) is 0 Å². The molecule has 10 aromatic carbocycles. The van der Waals surface area contributed by atoms with Gasteiger partial charge in [-0.15, -0.1) is 0 Å². The fourth-order valence-corrected chi connectivity index (χ4v) is 10.4. The molecule has 12 aromatic rings. The van der Waals surface area contributed by atoms with Crippen LogP contribution in [0.2, 0.25) is 0 Å². The Morgan fingerprint density at radius 1 is 0.350 bits per heavy atom. The van der Waals surface area contributed by atoms with Crippen LogP contribution in [-0.2, 0) is 5.41 Å². The number of hydrogen-bond donors (Lipinski definition) is 0. The molecule has 3 nitrogen and oxygen atoms in total. The monoisotopic (exact) mass is 767 g/mol. The van der Waals surface area contributed by atoms with Crippen molar-refractivity contribution in [2.24, 2.45) is 0 Å². The summed E-state index contributed by atoms with van der Waals surface area (Å²) in [5.74, 6) is 0. The van der Waals surface area contributed by atoms with Crippen molar-refractivity contribution in [3.05, 3.63) is 199 Å². The SMILES string of the molecule is CC1(C)c2cc(N(c3cccc(-c4cccc5c4oc4ccccc45)c3)c3cccc4c3oc3ccccc34)ccc2-c2cc3c4ccccc4c4ccccc4c3cc21. The summed E-state index contributed by atoms with van der Waals surface area (Å²) in [6.45, 7) is 4.77. The predicted molar refractivity (Wildman–Crippen MR) is 251 cm³/mol. The highest BCUT2D eigenvalue weighted by atomic mass is 16.3. The molecule has 0 radical (unpaired) electrons. The Bertz CT molecular complexity index is 3770. The maximum absolute atomic E-state index is 6.76. The lowest BCUT2D eigenvalue weighted by Gasteiger charge is -2.28. The van der Waals surface area contributed by atoms with Gasteiger partial charge in [-0.1, -0.05) is 147 Å². The highest BCUT2D eigenvalue weighted by Gasteiger charge is 2.37. The maximum Gasteiger partial charge on any atom is 0.159 e. The van der Waals surface area contributed by atoms with Gasteiger partial charge in [-0.3, -0.25) is 0 Å². The zero-order valence-corrected chi connectivity index (χ0v) is 33.2. The zero-order valence-electron chi connectivity index (χ0n) is 33.2. The summed E-state index contributed by atoms with van der Waals surface area (Å²) in [6, 6.07) is 68.1. The Hall–Kier alpha value is -7.62. The van der Waals surface area contributed by atoms with Crippen LogP contribution in [0.1, 0.15) is 25.0 Å². The van der Waals surface area contributed by atoms with Gasteiger partial charge < -0.3 is 13.7 Å². The summed E-state index contributed by atoms with van der Waals surface area (Å²) in [6.07, 6.45) is 0. The van der Waals surface area contributed by atoms with Crippen LogP contribution in [0.25, 0.3) is 98.4 Å². The van der Waals surface area contributed by atoms with E-state index in [2.05, 4.69) is 189 Å². The minimum absolute atomic E-state index is 0.253. The Kier molecular flexibility index (Phi) is 6.78. The second-order valence-corrected chi connectivity index (χ2v) is 16.8. The minimum Gasteiger partial charge on any atom is -0.455 e. The molecule has 1 aliphatic carbocycles. The lowest BCUT2D eigenvalue weighted by Crippen LogP contribution is -2.16. The highest BCUT2D eigenvalue weighted by molar-refractivity contribution is 6.26. The average molecular weight is 768 g/mol. The van der Waals surface area contributed by atoms with Gasteiger partial charge in [0.1, 0.15) is 16.7 Å². The smallest absolute Gasteiger partial charge is 0.159 e. The Balaban J connectivity index is 1.04. The van der Waals surface area contributed by atoms with Crippen LogP contribution in [0.3, 0.4) is 0 Å². The Labute approximate surface area is 346 Å². The van der Waals surface area contributed by atoms with Crippen molar-refractivity contribution in [2.45, 2.75) is 19.3 Å². The molecule has 0 spiro atoms. The van der Waals surface area contributed by atoms with Gasteiger partial charge in [0, 0.05) is 43.9 Å². The Morgan fingerprint density at radius 3 is 1.57 bits per heavy atom. The average Bonchev–Trinajstić information content (AvgIpc) is 3.94. The number of para-hydroxylation sites is 4. The van der Waals surface area contributed by atoms with Crippen LogP contribution in [0, 0.1) is 0 Å². The van der Waals surface area contributed by atoms with Gasteiger partial charge in [-0.2, -0.15) is 0 Å². The molecule has 0 unspecified atom stereocenters. The van der Waals surface area contributed by atoms with Gasteiger partial charge in [-0.25, -0.2) is 0 Å². The number of nitrogens with zero attached hydrogens (tertiary/aromatic N) is 1. The molecule has 0 amide bonds. The summed E-state index contributed by atoms with van der Waals surface area (Å²) < 4.78 is 13.3. The third-order valence-corrected chi connectivity index (χ3v) is 13.2. The van der Waals surface area contributed by atoms with Gasteiger partial charge in [-0.05, 0) is 115 Å². The lowest BCUT2D eigenvalue weighted by atomic mass is 9.81. The third kappa shape index (κ3) is 4.60. The zero-order chi connectivity index (χ0) is 39.7. The van der Waals surface area contributed by atoms with Crippen LogP contribution in [0.4, 0.5) is 17.1 Å². The normalized spacial score (nSPS) is 13.3. The summed E-state index contributed by atoms with van der Waals surface area (Å²) in [5, 5.41) is 12.2. The molecule has 0 atom stereocenters. The Morgan fingerprint density at radius 2 is 0.867 bits per heavy atom. The van der Waals surface area contributed by atoms with Crippen molar-refractivity contribution in [3.8, 4) is 22.3 Å². The molecule has 0 N–H and O–H groups in total. The van der Waals surface area contributed by atoms with Crippen LogP contribution < -0.4 is 4.90 Å². The van der Waals surface area contributed by atoms with Crippen LogP contribution in [0.15, 0.2) is 197 Å². The van der Waals surface area contributed by atoms with Gasteiger partial charge in [0.15, 0.2) is 5.58 Å². The first kappa shape index (κ1) is 33.4. The molecule has 2 aromatic heterocycles. The van der Waals surface area contributed by atoms with E-state index in [0.29, 0.717) is 0 Å². The van der Waals surface area contributed by atoms with Gasteiger partial charge >= 0.3 is 0 Å². The standard InChI is InChI=1S/C57H37NO2/c1-57(2)50-31-36(28-29-42(50)49-32-47-40-18-5-3-16-38(40)39-17-4-6-19-41(39)48(47)33-51(49)57)58(52-25-13-24-46-44-21-8-10-27-54(44)60-56(46)52)35-15-11-14-34(30-35)37-22-12-23-45-43-20-7-9-26-53(43)59-55(37)45/h3-33H,1-2H3. The molecule has 1 aliphatic rings. The number of fused-ring (bicyclic) bond motifs is 15. The minimum atomic E-state index is -0.253. The molecule has 282 valence electrons. The predicted octanol–water partition coefficient (Wildman–Crippen LogP) is 16.4. The first-order chi connectivity index (χ1) is 29.5. The number of anilines is 3. The molecule has 0 fully saturated rings. The summed E-state index contributed by atoms with van der Waals surface area (Å²) in [5.41, 5.74) is 13.8. The van der Waals surface area contributed by atoms with Crippen molar-refractivity contribution in [3.63, 3.8) is 0 Å². The number of benzene rings is 10. The largest absolute Gasteiger partial charge is 0.455 e. The molecule has 0 saturated carbocycles. The molecule has 0 bridgehead atoms. The van der Waals surface area contributed by atoms with E-state index in [-0.39, 0.29) is 5.41 Å². The summed E-state index contributed by atoms with van der Waals surface area (Å²) in [7, 11) is 0. The highest BCUT2D eigenvalue weighted by Crippen LogP contribution is 2.54. The molecular weight excluding hydrogens is 731 g/mol. The number of hydrogen-bond acceptors (Lipinski definition) is 3. The van der Waals surface area contributed by atoms with E-state index >= 15 is 0 Å². The van der Waals surface area contributed by atoms with E-state index in [0.717, 1.165) is 72.1 Å². The lowest BCUT2D eigenvalue weighted by molar-refractivity contribution is 0.661. The second kappa shape index (κ2) is 12.2. The van der Waals surface area contributed by atoms with Crippen molar-refractivity contribution in [1.82, 2.24) is 0 Å². The summed E-state index contributed by atoms with van der Waals surface area (Å²) >= 11 is 0. The molecular formula is C57H37NO2. The van der Waals surface area contributed by atoms with E-state index in [1.807, 2.05) is 18.2 Å². The van der Waals surface area contributed by atoms with Crippen molar-refractivity contribution < 1.29 is 8.83 Å². The maximum atomic E-state index is 6.76. The van der Waals surface area contributed by atoms with Crippen LogP contribution >= 0.6 is 0 Å². The van der Waals surface area contributed by atoms with Crippen molar-refractivity contribution in [1.29, 1.82) is 0 Å². The molecule has 60 heavy (non-hydrogen) atoms. The second-order valence-electron chi connectivity index (χ2n) is 16.8. The first-order valence-corrected chi connectivity index (χ1v) is 20.7. The number of furan rings is 2. The van der Waals surface area contributed by atoms with E-state index in [1.54, 1.807) is 0 Å². The van der Waals surface area contributed by atoms with E-state index < -0.39 is 0 Å². The quantitative estimate of drug-likeness (QED) is 0.167. The molecule has 0 aliphatic heterocycles. The summed E-state index contributed by atoms with van der Waals surface area (Å²) in [4.78, 5) is 2.38. The molecule has 2 heterocycles. The molecule has 0 saturated heterocycles. The van der Waals surface area contributed by atoms with Gasteiger partial charge in [0.25, 0.3) is 0 Å². The van der Waals surface area contributed by atoms with E-state index in [9.17, 15) is 0 Å². The van der Waals surface area contributed by atoms with Crippen molar-refractivity contribution in [2.75, 3.05) is 4.90 Å². The van der Waals surface area contributed by atoms with E-state index in [4.69, 9.17) is 8.83 Å². The van der Waals surface area contributed by atoms with Crippen LogP contribution in [0.5, 0.6) is 0 Å². The van der Waals surface area contributed by atoms with Crippen LogP contribution in [-0.4, -0.2) is 0 Å². The van der Waals surface area contributed by atoms with Crippen molar-refractivity contribution >= 4 is 93.3 Å². The first-order valence-electron chi connectivity index (χ1n) is 20.7. The van der Waals surface area contributed by atoms with Gasteiger partial charge in [0.05, 0.1) is 5.69 Å².